The molecular formula is C21H17ClN6O4S. The molecule has 3 heterocycles. The second-order valence-corrected chi connectivity index (χ2v) is 8.35. The van der Waals surface area contributed by atoms with Crippen LogP contribution in [0.4, 0.5) is 11.5 Å². The first kappa shape index (κ1) is 22.4. The van der Waals surface area contributed by atoms with Gasteiger partial charge in [0.05, 0.1) is 9.80 Å². The third kappa shape index (κ3) is 4.83. The monoisotopic (exact) mass is 484 g/mol. The molecule has 0 bridgehead atoms. The maximum atomic E-state index is 12.9. The molecule has 1 aromatic carbocycles. The van der Waals surface area contributed by atoms with Crippen molar-refractivity contribution >= 4 is 40.4 Å². The summed E-state index contributed by atoms with van der Waals surface area (Å²) in [4.78, 5) is 43.6. The summed E-state index contributed by atoms with van der Waals surface area (Å²) in [6.07, 6.45) is 1.40. The van der Waals surface area contributed by atoms with Crippen LogP contribution in [0.1, 0.15) is 29.4 Å². The van der Waals surface area contributed by atoms with Gasteiger partial charge in [-0.25, -0.2) is 4.98 Å². The van der Waals surface area contributed by atoms with E-state index < -0.39 is 10.8 Å². The van der Waals surface area contributed by atoms with Crippen LogP contribution in [0.3, 0.4) is 0 Å². The number of nitro benzene ring substituents is 1. The van der Waals surface area contributed by atoms with Crippen LogP contribution in [0.25, 0.3) is 16.5 Å². The number of thiophene rings is 1. The van der Waals surface area contributed by atoms with Crippen molar-refractivity contribution in [3.8, 4) is 16.5 Å². The normalized spacial score (nSPS) is 10.8. The molecule has 0 saturated heterocycles. The van der Waals surface area contributed by atoms with E-state index in [0.29, 0.717) is 17.8 Å². The molecule has 0 aliphatic rings. The Kier molecular flexibility index (Phi) is 6.33. The highest BCUT2D eigenvalue weighted by Gasteiger charge is 2.20. The molecule has 168 valence electrons. The fourth-order valence-electron chi connectivity index (χ4n) is 3.14. The highest BCUT2D eigenvalue weighted by atomic mass is 35.5. The van der Waals surface area contributed by atoms with E-state index in [9.17, 15) is 19.7 Å². The van der Waals surface area contributed by atoms with Gasteiger partial charge in [-0.15, -0.1) is 11.3 Å². The Labute approximate surface area is 196 Å². The Morgan fingerprint density at radius 2 is 2.12 bits per heavy atom. The van der Waals surface area contributed by atoms with Crippen LogP contribution < -0.4 is 10.9 Å². The number of halogens is 1. The van der Waals surface area contributed by atoms with Crippen molar-refractivity contribution in [2.45, 2.75) is 19.8 Å². The minimum atomic E-state index is -0.661. The van der Waals surface area contributed by atoms with Gasteiger partial charge in [0.2, 0.25) is 5.95 Å². The van der Waals surface area contributed by atoms with Crippen molar-refractivity contribution < 1.29 is 9.72 Å². The Bertz CT molecular complexity index is 1400. The number of rotatable bonds is 7. The van der Waals surface area contributed by atoms with Gasteiger partial charge in [0, 0.05) is 29.5 Å². The van der Waals surface area contributed by atoms with E-state index in [1.165, 1.54) is 34.2 Å². The summed E-state index contributed by atoms with van der Waals surface area (Å²) in [6.45, 7) is 1.97. The number of nitro groups is 1. The molecule has 3 aromatic heterocycles. The maximum absolute atomic E-state index is 12.9. The Balaban J connectivity index is 1.77. The fraction of sp³-hybridized carbons (Fsp3) is 0.143. The molecule has 0 aliphatic heterocycles. The quantitative estimate of drug-likeness (QED) is 0.294. The van der Waals surface area contributed by atoms with Gasteiger partial charge in [0.25, 0.3) is 17.2 Å². The van der Waals surface area contributed by atoms with E-state index in [2.05, 4.69) is 20.4 Å². The molecule has 0 aliphatic carbocycles. The number of aromatic nitrogens is 4. The van der Waals surface area contributed by atoms with Gasteiger partial charge in [-0.3, -0.25) is 24.7 Å². The van der Waals surface area contributed by atoms with Gasteiger partial charge < -0.3 is 5.32 Å². The molecule has 2 N–H and O–H groups in total. The molecule has 0 spiro atoms. The largest absolute Gasteiger partial charge is 0.306 e. The van der Waals surface area contributed by atoms with E-state index in [1.54, 1.807) is 6.07 Å². The molecule has 10 nitrogen and oxygen atoms in total. The number of nitrogens with one attached hydrogen (secondary N) is 2. The van der Waals surface area contributed by atoms with E-state index in [1.807, 2.05) is 24.4 Å². The topological polar surface area (TPSA) is 136 Å². The molecule has 4 rings (SSSR count). The van der Waals surface area contributed by atoms with Crippen LogP contribution in [-0.4, -0.2) is 30.6 Å². The zero-order chi connectivity index (χ0) is 23.5. The van der Waals surface area contributed by atoms with E-state index in [0.717, 1.165) is 17.4 Å². The van der Waals surface area contributed by atoms with Gasteiger partial charge >= 0.3 is 0 Å². The molecule has 0 saturated carbocycles. The number of aryl methyl sites for hydroxylation is 1. The minimum absolute atomic E-state index is 0.0395. The standard InChI is InChI=1S/C21H17ClN6O4S/c1-2-4-13-10-19(29)25-21(23-13)27-18(11-15(26-27)17-5-3-8-33-17)24-20(30)12-6-7-14(22)16(9-12)28(31)32/h3,5-11H,2,4H2,1H3,(H,24,30)(H,23,25,29). The molecule has 0 unspecified atom stereocenters. The summed E-state index contributed by atoms with van der Waals surface area (Å²) >= 11 is 7.31. The lowest BCUT2D eigenvalue weighted by atomic mass is 10.2. The second-order valence-electron chi connectivity index (χ2n) is 6.99. The van der Waals surface area contributed by atoms with Crippen molar-refractivity contribution in [1.29, 1.82) is 0 Å². The fourth-order valence-corrected chi connectivity index (χ4v) is 4.00. The molecule has 4 aromatic rings. The number of carbonyl (C=O) groups excluding carboxylic acids is 1. The van der Waals surface area contributed by atoms with Crippen LogP contribution in [0.5, 0.6) is 0 Å². The lowest BCUT2D eigenvalue weighted by Gasteiger charge is -2.09. The number of nitrogens with zero attached hydrogens (tertiary/aromatic N) is 4. The summed E-state index contributed by atoms with van der Waals surface area (Å²) in [5, 5.41) is 20.2. The lowest BCUT2D eigenvalue weighted by molar-refractivity contribution is -0.384. The van der Waals surface area contributed by atoms with Crippen LogP contribution >= 0.6 is 22.9 Å². The summed E-state index contributed by atoms with van der Waals surface area (Å²) in [5.41, 5.74) is 0.469. The van der Waals surface area contributed by atoms with Crippen molar-refractivity contribution in [2.24, 2.45) is 0 Å². The van der Waals surface area contributed by atoms with Crippen molar-refractivity contribution in [3.05, 3.63) is 84.6 Å². The first-order chi connectivity index (χ1) is 15.9. The summed E-state index contributed by atoms with van der Waals surface area (Å²) in [5.74, 6) is -0.232. The summed E-state index contributed by atoms with van der Waals surface area (Å²) in [7, 11) is 0. The smallest absolute Gasteiger partial charge is 0.288 e. The molecule has 33 heavy (non-hydrogen) atoms. The SMILES string of the molecule is CCCc1cc(=O)[nH]c(-n2nc(-c3cccs3)cc2NC(=O)c2ccc(Cl)c([N+](=O)[O-])c2)n1. The maximum Gasteiger partial charge on any atom is 0.288 e. The Morgan fingerprint density at radius 1 is 1.30 bits per heavy atom. The van der Waals surface area contributed by atoms with Crippen LogP contribution in [-0.2, 0) is 6.42 Å². The molecular weight excluding hydrogens is 468 g/mol. The molecule has 0 fully saturated rings. The second kappa shape index (κ2) is 9.35. The lowest BCUT2D eigenvalue weighted by Crippen LogP contribution is -2.19. The average molecular weight is 485 g/mol. The first-order valence-corrected chi connectivity index (χ1v) is 11.1. The highest BCUT2D eigenvalue weighted by Crippen LogP contribution is 2.29. The summed E-state index contributed by atoms with van der Waals surface area (Å²) < 4.78 is 1.33. The van der Waals surface area contributed by atoms with E-state index in [4.69, 9.17) is 11.6 Å². The van der Waals surface area contributed by atoms with Gasteiger partial charge in [-0.2, -0.15) is 9.78 Å². The van der Waals surface area contributed by atoms with Gasteiger partial charge in [0.15, 0.2) is 0 Å². The van der Waals surface area contributed by atoms with Gasteiger partial charge in [-0.1, -0.05) is 31.0 Å². The Hall–Kier alpha value is -3.83. The van der Waals surface area contributed by atoms with Crippen LogP contribution in [0.15, 0.2) is 52.6 Å². The molecule has 1 amide bonds. The summed E-state index contributed by atoms with van der Waals surface area (Å²) in [6, 6.07) is 10.6. The zero-order valence-corrected chi connectivity index (χ0v) is 18.8. The number of anilines is 1. The van der Waals surface area contributed by atoms with E-state index in [-0.39, 0.29) is 33.6 Å². The Morgan fingerprint density at radius 3 is 2.82 bits per heavy atom. The third-order valence-electron chi connectivity index (χ3n) is 4.62. The highest BCUT2D eigenvalue weighted by molar-refractivity contribution is 7.13. The van der Waals surface area contributed by atoms with E-state index >= 15 is 0 Å². The molecule has 12 heteroatoms. The molecule has 0 atom stereocenters. The van der Waals surface area contributed by atoms with Crippen molar-refractivity contribution in [3.63, 3.8) is 0 Å². The van der Waals surface area contributed by atoms with Gasteiger partial charge in [0.1, 0.15) is 16.5 Å². The van der Waals surface area contributed by atoms with Crippen LogP contribution in [0, 0.1) is 10.1 Å². The number of benzene rings is 1. The third-order valence-corrected chi connectivity index (χ3v) is 5.83. The predicted molar refractivity (Wildman–Crippen MR) is 125 cm³/mol. The van der Waals surface area contributed by atoms with Gasteiger partial charge in [-0.05, 0) is 30.0 Å². The minimum Gasteiger partial charge on any atom is -0.306 e. The number of amides is 1. The zero-order valence-electron chi connectivity index (χ0n) is 17.2. The van der Waals surface area contributed by atoms with Crippen molar-refractivity contribution in [1.82, 2.24) is 19.7 Å². The predicted octanol–water partition coefficient (Wildman–Crippen LogP) is 4.45. The number of hydrogen-bond donors (Lipinski definition) is 2. The number of hydrogen-bond acceptors (Lipinski definition) is 7. The number of aromatic amines is 1. The van der Waals surface area contributed by atoms with Crippen molar-refractivity contribution in [2.75, 3.05) is 5.32 Å². The molecule has 0 radical (unpaired) electrons. The average Bonchev–Trinajstić information content (AvgIpc) is 3.43. The first-order valence-electron chi connectivity index (χ1n) is 9.85. The number of H-pyrrole nitrogens is 1. The number of carbonyl (C=O) groups is 1. The van der Waals surface area contributed by atoms with Crippen LogP contribution in [0.2, 0.25) is 5.02 Å².